The third-order valence-corrected chi connectivity index (χ3v) is 4.67. The normalized spacial score (nSPS) is 38.8. The maximum Gasteiger partial charge on any atom is 0.0971 e. The Labute approximate surface area is 111 Å². The molecule has 4 atom stereocenters. The van der Waals surface area contributed by atoms with Crippen LogP contribution in [0.2, 0.25) is 0 Å². The Balaban J connectivity index is 2.00. The van der Waals surface area contributed by atoms with Gasteiger partial charge in [0.25, 0.3) is 0 Å². The van der Waals surface area contributed by atoms with Gasteiger partial charge in [-0.1, -0.05) is 19.3 Å². The number of likely N-dealkylation sites (tertiary alicyclic amines) is 1. The van der Waals surface area contributed by atoms with Crippen LogP contribution in [-0.4, -0.2) is 63.5 Å². The average Bonchev–Trinajstić information content (AvgIpc) is 2.67. The highest BCUT2D eigenvalue weighted by atomic mass is 16.5. The van der Waals surface area contributed by atoms with E-state index >= 15 is 0 Å². The molecule has 2 rings (SSSR count). The van der Waals surface area contributed by atoms with E-state index in [0.29, 0.717) is 12.1 Å². The zero-order chi connectivity index (χ0) is 13.0. The van der Waals surface area contributed by atoms with Crippen molar-refractivity contribution >= 4 is 0 Å². The SMILES string of the molecule is CNC1CCCCCC1N1CC(OC)C(OC)C1. The lowest BCUT2D eigenvalue weighted by Gasteiger charge is -2.33. The molecule has 0 aromatic carbocycles. The number of nitrogens with one attached hydrogen (secondary N) is 1. The van der Waals surface area contributed by atoms with Gasteiger partial charge in [0.05, 0.1) is 12.2 Å². The number of rotatable bonds is 4. The molecule has 1 saturated carbocycles. The molecule has 0 bridgehead atoms. The fraction of sp³-hybridized carbons (Fsp3) is 1.00. The molecule has 1 heterocycles. The number of nitrogens with zero attached hydrogens (tertiary/aromatic N) is 1. The summed E-state index contributed by atoms with van der Waals surface area (Å²) in [5, 5.41) is 3.51. The summed E-state index contributed by atoms with van der Waals surface area (Å²) >= 11 is 0. The van der Waals surface area contributed by atoms with Gasteiger partial charge in [-0.3, -0.25) is 4.90 Å². The molecule has 0 aromatic heterocycles. The molecule has 2 fully saturated rings. The summed E-state index contributed by atoms with van der Waals surface area (Å²) in [6.07, 6.45) is 7.16. The van der Waals surface area contributed by atoms with Gasteiger partial charge < -0.3 is 14.8 Å². The molecule has 0 aromatic rings. The van der Waals surface area contributed by atoms with E-state index in [4.69, 9.17) is 9.47 Å². The third-order valence-electron chi connectivity index (χ3n) is 4.67. The number of methoxy groups -OCH3 is 2. The van der Waals surface area contributed by atoms with Crippen LogP contribution < -0.4 is 5.32 Å². The second-order valence-corrected chi connectivity index (χ2v) is 5.60. The van der Waals surface area contributed by atoms with Crippen molar-refractivity contribution in [3.63, 3.8) is 0 Å². The fourth-order valence-electron chi connectivity index (χ4n) is 3.56. The van der Waals surface area contributed by atoms with E-state index in [2.05, 4.69) is 17.3 Å². The first-order chi connectivity index (χ1) is 8.80. The van der Waals surface area contributed by atoms with Crippen molar-refractivity contribution in [3.05, 3.63) is 0 Å². The van der Waals surface area contributed by atoms with Crippen LogP contribution in [0.4, 0.5) is 0 Å². The maximum absolute atomic E-state index is 5.55. The van der Waals surface area contributed by atoms with Crippen molar-refractivity contribution < 1.29 is 9.47 Å². The summed E-state index contributed by atoms with van der Waals surface area (Å²) < 4.78 is 11.1. The van der Waals surface area contributed by atoms with E-state index in [1.807, 2.05) is 0 Å². The molecule has 2 aliphatic rings. The number of ether oxygens (including phenoxy) is 2. The van der Waals surface area contributed by atoms with E-state index in [1.165, 1.54) is 32.1 Å². The molecule has 4 unspecified atom stereocenters. The van der Waals surface area contributed by atoms with Crippen LogP contribution in [0, 0.1) is 0 Å². The van der Waals surface area contributed by atoms with Gasteiger partial charge in [-0.2, -0.15) is 0 Å². The van der Waals surface area contributed by atoms with Crippen LogP contribution in [-0.2, 0) is 9.47 Å². The maximum atomic E-state index is 5.55. The topological polar surface area (TPSA) is 33.7 Å². The third kappa shape index (κ3) is 3.05. The highest BCUT2D eigenvalue weighted by Crippen LogP contribution is 2.27. The minimum Gasteiger partial charge on any atom is -0.377 e. The molecule has 1 N–H and O–H groups in total. The molecule has 0 spiro atoms. The molecule has 0 radical (unpaired) electrons. The van der Waals surface area contributed by atoms with Crippen molar-refractivity contribution in [1.82, 2.24) is 10.2 Å². The Morgan fingerprint density at radius 3 is 2.11 bits per heavy atom. The largest absolute Gasteiger partial charge is 0.377 e. The van der Waals surface area contributed by atoms with Gasteiger partial charge in [-0.25, -0.2) is 0 Å². The minimum absolute atomic E-state index is 0.232. The molecule has 4 nitrogen and oxygen atoms in total. The van der Waals surface area contributed by atoms with Gasteiger partial charge in [0.15, 0.2) is 0 Å². The molecule has 4 heteroatoms. The predicted molar refractivity (Wildman–Crippen MR) is 72.9 cm³/mol. The van der Waals surface area contributed by atoms with Crippen LogP contribution in [0.3, 0.4) is 0 Å². The van der Waals surface area contributed by atoms with Crippen LogP contribution in [0.15, 0.2) is 0 Å². The lowest BCUT2D eigenvalue weighted by atomic mass is 10.0. The first-order valence-corrected chi connectivity index (χ1v) is 7.27. The van der Waals surface area contributed by atoms with Crippen LogP contribution in [0.1, 0.15) is 32.1 Å². The van der Waals surface area contributed by atoms with Crippen LogP contribution in [0.5, 0.6) is 0 Å². The molecule has 1 saturated heterocycles. The van der Waals surface area contributed by atoms with Gasteiger partial charge in [0.1, 0.15) is 0 Å². The minimum atomic E-state index is 0.232. The number of likely N-dealkylation sites (N-methyl/N-ethyl adjacent to an activating group) is 1. The van der Waals surface area contributed by atoms with Crippen molar-refractivity contribution in [2.24, 2.45) is 0 Å². The molecular formula is C14H28N2O2. The zero-order valence-corrected chi connectivity index (χ0v) is 12.0. The lowest BCUT2D eigenvalue weighted by Crippen LogP contribution is -2.48. The monoisotopic (exact) mass is 256 g/mol. The zero-order valence-electron chi connectivity index (χ0n) is 12.0. The van der Waals surface area contributed by atoms with Crippen molar-refractivity contribution in [3.8, 4) is 0 Å². The van der Waals surface area contributed by atoms with E-state index in [9.17, 15) is 0 Å². The first kappa shape index (κ1) is 14.3. The van der Waals surface area contributed by atoms with Gasteiger partial charge in [0.2, 0.25) is 0 Å². The summed E-state index contributed by atoms with van der Waals surface area (Å²) in [6.45, 7) is 2.02. The summed E-state index contributed by atoms with van der Waals surface area (Å²) in [7, 11) is 5.69. The Kier molecular flexibility index (Phi) is 5.42. The van der Waals surface area contributed by atoms with E-state index in [1.54, 1.807) is 14.2 Å². The second-order valence-electron chi connectivity index (χ2n) is 5.60. The standard InChI is InChI=1S/C14H28N2O2/c1-15-11-7-5-4-6-8-12(11)16-9-13(17-2)14(10-16)18-3/h11-15H,4-10H2,1-3H3. The van der Waals surface area contributed by atoms with Crippen molar-refractivity contribution in [1.29, 1.82) is 0 Å². The Hall–Kier alpha value is -0.160. The van der Waals surface area contributed by atoms with Crippen LogP contribution in [0.25, 0.3) is 0 Å². The average molecular weight is 256 g/mol. The van der Waals surface area contributed by atoms with Gasteiger partial charge in [0, 0.05) is 39.4 Å². The van der Waals surface area contributed by atoms with Gasteiger partial charge >= 0.3 is 0 Å². The lowest BCUT2D eigenvalue weighted by molar-refractivity contribution is -0.00461. The smallest absolute Gasteiger partial charge is 0.0971 e. The second kappa shape index (κ2) is 6.85. The molecule has 1 aliphatic heterocycles. The first-order valence-electron chi connectivity index (χ1n) is 7.27. The van der Waals surface area contributed by atoms with Crippen molar-refractivity contribution in [2.45, 2.75) is 56.4 Å². The fourth-order valence-corrected chi connectivity index (χ4v) is 3.56. The van der Waals surface area contributed by atoms with Crippen molar-refractivity contribution in [2.75, 3.05) is 34.4 Å². The summed E-state index contributed by atoms with van der Waals surface area (Å²) in [5.74, 6) is 0. The molecule has 18 heavy (non-hydrogen) atoms. The Morgan fingerprint density at radius 2 is 1.56 bits per heavy atom. The van der Waals surface area contributed by atoms with E-state index in [-0.39, 0.29) is 12.2 Å². The summed E-state index contributed by atoms with van der Waals surface area (Å²) in [5.41, 5.74) is 0. The highest BCUT2D eigenvalue weighted by Gasteiger charge is 2.38. The summed E-state index contributed by atoms with van der Waals surface area (Å²) in [6, 6.07) is 1.27. The molecule has 0 amide bonds. The van der Waals surface area contributed by atoms with Crippen LogP contribution >= 0.6 is 0 Å². The molecule has 1 aliphatic carbocycles. The number of hydrogen-bond acceptors (Lipinski definition) is 4. The van der Waals surface area contributed by atoms with Gasteiger partial charge in [-0.15, -0.1) is 0 Å². The van der Waals surface area contributed by atoms with Gasteiger partial charge in [-0.05, 0) is 19.9 Å². The van der Waals surface area contributed by atoms with E-state index < -0.39 is 0 Å². The summed E-state index contributed by atoms with van der Waals surface area (Å²) in [4.78, 5) is 2.58. The predicted octanol–water partition coefficient (Wildman–Crippen LogP) is 1.25. The Bertz CT molecular complexity index is 238. The van der Waals surface area contributed by atoms with E-state index in [0.717, 1.165) is 13.1 Å². The molecular weight excluding hydrogens is 228 g/mol. The quantitative estimate of drug-likeness (QED) is 0.768. The Morgan fingerprint density at radius 1 is 0.944 bits per heavy atom. The highest BCUT2D eigenvalue weighted by molar-refractivity contribution is 4.94. The molecule has 106 valence electrons. The number of hydrogen-bond donors (Lipinski definition) is 1.